The van der Waals surface area contributed by atoms with Crippen LogP contribution >= 0.6 is 11.3 Å². The van der Waals surface area contributed by atoms with Crippen LogP contribution in [0.15, 0.2) is 188 Å². The summed E-state index contributed by atoms with van der Waals surface area (Å²) in [7, 11) is 0. The number of rotatable bonds is 5. The lowest BCUT2D eigenvalue weighted by atomic mass is 9.96. The van der Waals surface area contributed by atoms with Crippen molar-refractivity contribution in [3.63, 3.8) is 0 Å². The van der Waals surface area contributed by atoms with Gasteiger partial charge in [0, 0.05) is 36.9 Å². The molecule has 2 heteroatoms. The van der Waals surface area contributed by atoms with Crippen molar-refractivity contribution in [1.82, 2.24) is 0 Å². The van der Waals surface area contributed by atoms with E-state index in [1.807, 2.05) is 11.3 Å². The minimum absolute atomic E-state index is 1.13. The number of thiophene rings is 1. The van der Waals surface area contributed by atoms with Gasteiger partial charge in [-0.25, -0.2) is 0 Å². The predicted molar refractivity (Wildman–Crippen MR) is 217 cm³/mol. The van der Waals surface area contributed by atoms with Crippen molar-refractivity contribution in [2.75, 3.05) is 4.90 Å². The van der Waals surface area contributed by atoms with Gasteiger partial charge >= 0.3 is 0 Å². The summed E-state index contributed by atoms with van der Waals surface area (Å²) in [4.78, 5) is 2.45. The van der Waals surface area contributed by atoms with Gasteiger partial charge in [-0.3, -0.25) is 0 Å². The fourth-order valence-electron chi connectivity index (χ4n) is 7.59. The van der Waals surface area contributed by atoms with E-state index in [4.69, 9.17) is 0 Å². The molecule has 1 heterocycles. The molecule has 0 radical (unpaired) electrons. The molecule has 0 saturated carbocycles. The van der Waals surface area contributed by atoms with Gasteiger partial charge < -0.3 is 4.90 Å². The van der Waals surface area contributed by atoms with Gasteiger partial charge in [0.05, 0.1) is 5.69 Å². The highest BCUT2D eigenvalue weighted by Gasteiger charge is 2.19. The Morgan fingerprint density at radius 3 is 1.80 bits per heavy atom. The molecule has 0 N–H and O–H groups in total. The Labute approximate surface area is 294 Å². The van der Waals surface area contributed by atoms with Gasteiger partial charge in [0.15, 0.2) is 0 Å². The molecule has 0 bridgehead atoms. The van der Waals surface area contributed by atoms with E-state index in [9.17, 15) is 0 Å². The summed E-state index contributed by atoms with van der Waals surface area (Å²) in [6.07, 6.45) is 0. The Kier molecular flexibility index (Phi) is 6.75. The van der Waals surface area contributed by atoms with E-state index in [0.717, 1.165) is 17.1 Å². The van der Waals surface area contributed by atoms with Crippen molar-refractivity contribution < 1.29 is 0 Å². The first-order chi connectivity index (χ1) is 24.8. The molecule has 234 valence electrons. The molecular formula is C48H31NS. The van der Waals surface area contributed by atoms with Crippen LogP contribution in [-0.4, -0.2) is 0 Å². The van der Waals surface area contributed by atoms with Gasteiger partial charge in [-0.1, -0.05) is 152 Å². The Morgan fingerprint density at radius 2 is 0.960 bits per heavy atom. The molecule has 9 aromatic carbocycles. The van der Waals surface area contributed by atoms with Crippen LogP contribution in [0.1, 0.15) is 0 Å². The van der Waals surface area contributed by atoms with Gasteiger partial charge in [0.2, 0.25) is 0 Å². The van der Waals surface area contributed by atoms with Crippen LogP contribution in [0.5, 0.6) is 0 Å². The summed E-state index contributed by atoms with van der Waals surface area (Å²) in [5.74, 6) is 0. The van der Waals surface area contributed by atoms with E-state index >= 15 is 0 Å². The number of hydrogen-bond acceptors (Lipinski definition) is 2. The zero-order valence-corrected chi connectivity index (χ0v) is 28.1. The van der Waals surface area contributed by atoms with Gasteiger partial charge in [0.25, 0.3) is 0 Å². The number of nitrogens with zero attached hydrogens (tertiary/aromatic N) is 1. The van der Waals surface area contributed by atoms with Gasteiger partial charge in [0.1, 0.15) is 0 Å². The van der Waals surface area contributed by atoms with E-state index in [2.05, 4.69) is 193 Å². The maximum Gasteiger partial charge on any atom is 0.0540 e. The SMILES string of the molecule is c1ccc(-c2ccc3cc(N(c4ccc5c(c4)sc4c6ccccc6ccc54)c4ccc(-c5ccccc5)c5ccccc45)ccc3c2)cc1. The highest BCUT2D eigenvalue weighted by Crippen LogP contribution is 2.46. The summed E-state index contributed by atoms with van der Waals surface area (Å²) in [6.45, 7) is 0. The van der Waals surface area contributed by atoms with Gasteiger partial charge in [-0.15, -0.1) is 11.3 Å². The quantitative estimate of drug-likeness (QED) is 0.179. The molecule has 1 aromatic heterocycles. The van der Waals surface area contributed by atoms with Crippen LogP contribution in [0.2, 0.25) is 0 Å². The van der Waals surface area contributed by atoms with Crippen LogP contribution in [0.3, 0.4) is 0 Å². The first kappa shape index (κ1) is 28.8. The largest absolute Gasteiger partial charge is 0.310 e. The highest BCUT2D eigenvalue weighted by molar-refractivity contribution is 7.26. The summed E-state index contributed by atoms with van der Waals surface area (Å²) < 4.78 is 2.64. The fraction of sp³-hybridized carbons (Fsp3) is 0. The van der Waals surface area contributed by atoms with E-state index in [1.54, 1.807) is 0 Å². The van der Waals surface area contributed by atoms with Crippen molar-refractivity contribution in [2.45, 2.75) is 0 Å². The molecule has 0 saturated heterocycles. The molecule has 0 unspecified atom stereocenters. The summed E-state index contributed by atoms with van der Waals surface area (Å²) in [5.41, 5.74) is 8.36. The molecule has 10 aromatic rings. The van der Waals surface area contributed by atoms with Crippen molar-refractivity contribution in [3.8, 4) is 22.3 Å². The summed E-state index contributed by atoms with van der Waals surface area (Å²) >= 11 is 1.89. The molecule has 0 aliphatic carbocycles. The second-order valence-corrected chi connectivity index (χ2v) is 14.0. The lowest BCUT2D eigenvalue weighted by molar-refractivity contribution is 1.31. The summed E-state index contributed by atoms with van der Waals surface area (Å²) in [6, 6.07) is 68.7. The third-order valence-corrected chi connectivity index (χ3v) is 11.2. The molecule has 10 rings (SSSR count). The number of fused-ring (bicyclic) bond motifs is 7. The lowest BCUT2D eigenvalue weighted by Crippen LogP contribution is -2.10. The average molecular weight is 654 g/mol. The third kappa shape index (κ3) is 4.76. The molecule has 0 amide bonds. The van der Waals surface area contributed by atoms with Crippen LogP contribution in [0.25, 0.3) is 74.7 Å². The first-order valence-corrected chi connectivity index (χ1v) is 17.9. The number of benzene rings is 9. The van der Waals surface area contributed by atoms with E-state index in [1.165, 1.54) is 74.7 Å². The van der Waals surface area contributed by atoms with Crippen molar-refractivity contribution in [3.05, 3.63) is 188 Å². The molecule has 0 atom stereocenters. The Balaban J connectivity index is 1.19. The molecule has 1 nitrogen and oxygen atoms in total. The molecule has 0 aliphatic rings. The van der Waals surface area contributed by atoms with Gasteiger partial charge in [-0.2, -0.15) is 0 Å². The molecule has 0 fully saturated rings. The number of anilines is 3. The van der Waals surface area contributed by atoms with Crippen molar-refractivity contribution >= 4 is 80.9 Å². The van der Waals surface area contributed by atoms with Gasteiger partial charge in [-0.05, 0) is 85.6 Å². The Morgan fingerprint density at radius 1 is 0.340 bits per heavy atom. The first-order valence-electron chi connectivity index (χ1n) is 17.1. The van der Waals surface area contributed by atoms with Crippen LogP contribution < -0.4 is 4.90 Å². The second kappa shape index (κ2) is 11.7. The highest BCUT2D eigenvalue weighted by atomic mass is 32.1. The van der Waals surface area contributed by atoms with Crippen molar-refractivity contribution in [1.29, 1.82) is 0 Å². The van der Waals surface area contributed by atoms with E-state index in [0.29, 0.717) is 0 Å². The minimum atomic E-state index is 1.13. The summed E-state index contributed by atoms with van der Waals surface area (Å²) in [5, 5.41) is 10.1. The Hall–Kier alpha value is -6.22. The Bertz CT molecular complexity index is 2870. The zero-order valence-electron chi connectivity index (χ0n) is 27.3. The van der Waals surface area contributed by atoms with E-state index < -0.39 is 0 Å². The molecule has 50 heavy (non-hydrogen) atoms. The van der Waals surface area contributed by atoms with E-state index in [-0.39, 0.29) is 0 Å². The zero-order chi connectivity index (χ0) is 33.0. The van der Waals surface area contributed by atoms with Crippen LogP contribution in [0.4, 0.5) is 17.1 Å². The van der Waals surface area contributed by atoms with Crippen molar-refractivity contribution in [2.24, 2.45) is 0 Å². The predicted octanol–water partition coefficient (Wildman–Crippen LogP) is 14.3. The average Bonchev–Trinajstić information content (AvgIpc) is 3.57. The smallest absolute Gasteiger partial charge is 0.0540 e. The fourth-order valence-corrected chi connectivity index (χ4v) is 8.86. The maximum atomic E-state index is 2.45. The lowest BCUT2D eigenvalue weighted by Gasteiger charge is -2.28. The molecule has 0 aliphatic heterocycles. The van der Waals surface area contributed by atoms with Crippen LogP contribution in [-0.2, 0) is 0 Å². The second-order valence-electron chi connectivity index (χ2n) is 12.9. The molecular weight excluding hydrogens is 623 g/mol. The maximum absolute atomic E-state index is 2.45. The monoisotopic (exact) mass is 653 g/mol. The third-order valence-electron chi connectivity index (χ3n) is 10.0. The molecule has 0 spiro atoms. The minimum Gasteiger partial charge on any atom is -0.310 e. The topological polar surface area (TPSA) is 3.24 Å². The standard InChI is InChI=1S/C48H31NS/c1-3-11-32(12-4-1)35-19-20-37-30-38(23-21-36(37)29-35)49(46-28-27-40(33-13-5-2-6-14-33)42-17-9-10-18-43(42)46)39-24-26-44-45-25-22-34-15-7-8-16-41(34)48(45)50-47(44)31-39/h1-31H. The normalized spacial score (nSPS) is 11.6. The number of hydrogen-bond donors (Lipinski definition) is 0. The van der Waals surface area contributed by atoms with Crippen LogP contribution in [0, 0.1) is 0 Å².